The second-order valence-corrected chi connectivity index (χ2v) is 11.6. The van der Waals surface area contributed by atoms with Crippen LogP contribution < -0.4 is 9.80 Å². The molecule has 1 amide bonds. The third kappa shape index (κ3) is 4.97. The highest BCUT2D eigenvalue weighted by Crippen LogP contribution is 2.59. The van der Waals surface area contributed by atoms with E-state index in [0.717, 1.165) is 30.6 Å². The van der Waals surface area contributed by atoms with Crippen LogP contribution in [-0.4, -0.2) is 54.3 Å². The first-order valence-electron chi connectivity index (χ1n) is 12.9. The zero-order valence-electron chi connectivity index (χ0n) is 22.6. The lowest BCUT2D eigenvalue weighted by atomic mass is 9.90. The number of hydrogen-bond donors (Lipinski definition) is 2. The molecule has 1 spiro atoms. The maximum absolute atomic E-state index is 15.0. The highest BCUT2D eigenvalue weighted by atomic mass is 35.5. The van der Waals surface area contributed by atoms with Gasteiger partial charge in [0.1, 0.15) is 11.6 Å². The number of anilines is 2. The van der Waals surface area contributed by atoms with Crippen LogP contribution in [0.5, 0.6) is 5.75 Å². The monoisotopic (exact) mass is 549 g/mol. The summed E-state index contributed by atoms with van der Waals surface area (Å²) in [5, 5.41) is 22.6. The number of carbonyl (C=O) groups is 1. The number of carbonyl (C=O) groups excluding carboxylic acids is 1. The molecule has 2 fully saturated rings. The number of phenolic OH excluding ortho intramolecular Hbond substituents is 1. The van der Waals surface area contributed by atoms with E-state index in [9.17, 15) is 19.4 Å². The van der Waals surface area contributed by atoms with E-state index in [1.807, 2.05) is 46.1 Å². The van der Waals surface area contributed by atoms with E-state index in [4.69, 9.17) is 11.6 Å². The van der Waals surface area contributed by atoms with Crippen LogP contribution >= 0.6 is 11.6 Å². The lowest BCUT2D eigenvalue weighted by Crippen LogP contribution is -2.35. The number of hydrogen-bond acceptors (Lipinski definition) is 5. The lowest BCUT2D eigenvalue weighted by Gasteiger charge is -2.24. The average molecular weight is 550 g/mol. The Labute approximate surface area is 233 Å². The molecule has 1 heterocycles. The van der Waals surface area contributed by atoms with Gasteiger partial charge in [-0.3, -0.25) is 9.69 Å². The summed E-state index contributed by atoms with van der Waals surface area (Å²) in [5.74, 6) is -0.563. The van der Waals surface area contributed by atoms with Crippen molar-refractivity contribution in [2.45, 2.75) is 32.3 Å². The number of β-amino-alcohol motifs (C(OH)–C–C–N with tert-alkyl or cyclic N) is 1. The molecule has 1 unspecified atom stereocenters. The first-order chi connectivity index (χ1) is 18.4. The smallest absolute Gasteiger partial charge is 0.218 e. The van der Waals surface area contributed by atoms with Gasteiger partial charge in [-0.1, -0.05) is 29.8 Å². The normalized spacial score (nSPS) is 19.6. The number of phenols is 1. The van der Waals surface area contributed by atoms with Gasteiger partial charge in [0.2, 0.25) is 6.41 Å². The largest absolute Gasteiger partial charge is 0.507 e. The van der Waals surface area contributed by atoms with E-state index in [1.165, 1.54) is 17.0 Å². The molecule has 8 heteroatoms. The minimum Gasteiger partial charge on any atom is -0.507 e. The van der Waals surface area contributed by atoms with Crippen molar-refractivity contribution in [1.82, 2.24) is 4.90 Å². The predicted molar refractivity (Wildman–Crippen MR) is 155 cm³/mol. The third-order valence-corrected chi connectivity index (χ3v) is 8.40. The molecule has 0 aromatic heterocycles. The number of aromatic hydroxyl groups is 1. The fourth-order valence-corrected chi connectivity index (χ4v) is 5.85. The standard InChI is InChI=1S/C31H33ClFN3O3/c1-20-5-6-22(14-28(20)36-17-30(2,39)31(18-36)9-10-31)25-16-23(33)15-24(29(25)38)21-7-8-27(26(32)13-21)35(19-37)12-11-34(3)4/h5-8,11-16,19,38-39H,9-10,17-18H2,1-4H3/b12-11-. The predicted octanol–water partition coefficient (Wildman–Crippen LogP) is 6.17. The Morgan fingerprint density at radius 3 is 2.21 bits per heavy atom. The number of halogens is 2. The molecule has 39 heavy (non-hydrogen) atoms. The first kappa shape index (κ1) is 27.0. The zero-order valence-corrected chi connectivity index (χ0v) is 23.3. The second-order valence-electron chi connectivity index (χ2n) is 11.2. The van der Waals surface area contributed by atoms with Gasteiger partial charge in [-0.2, -0.15) is 0 Å². The summed E-state index contributed by atoms with van der Waals surface area (Å²) in [7, 11) is 3.67. The molecule has 1 saturated heterocycles. The second kappa shape index (κ2) is 9.88. The molecule has 1 saturated carbocycles. The first-order valence-corrected chi connectivity index (χ1v) is 13.3. The Balaban J connectivity index is 1.51. The van der Waals surface area contributed by atoms with Gasteiger partial charge in [0.05, 0.1) is 16.3 Å². The fraction of sp³-hybridized carbons (Fsp3) is 0.323. The Hall–Kier alpha value is -3.55. The molecule has 2 aliphatic rings. The van der Waals surface area contributed by atoms with E-state index < -0.39 is 11.4 Å². The molecular weight excluding hydrogens is 517 g/mol. The molecule has 204 valence electrons. The lowest BCUT2D eigenvalue weighted by molar-refractivity contribution is -0.107. The molecule has 0 bridgehead atoms. The van der Waals surface area contributed by atoms with Crippen LogP contribution in [0.1, 0.15) is 25.3 Å². The fourth-order valence-electron chi connectivity index (χ4n) is 5.57. The zero-order chi connectivity index (χ0) is 28.1. The molecule has 1 atom stereocenters. The van der Waals surface area contributed by atoms with Crippen molar-refractivity contribution in [1.29, 1.82) is 0 Å². The van der Waals surface area contributed by atoms with E-state index in [0.29, 0.717) is 40.9 Å². The summed E-state index contributed by atoms with van der Waals surface area (Å²) < 4.78 is 15.0. The van der Waals surface area contributed by atoms with Gasteiger partial charge in [0.15, 0.2) is 0 Å². The Bertz CT molecular complexity index is 1460. The number of aliphatic hydroxyl groups is 1. The molecule has 3 aromatic carbocycles. The van der Waals surface area contributed by atoms with Crippen LogP contribution in [0.4, 0.5) is 15.8 Å². The average Bonchev–Trinajstić information content (AvgIpc) is 3.62. The summed E-state index contributed by atoms with van der Waals surface area (Å²) in [6.07, 6.45) is 5.99. The van der Waals surface area contributed by atoms with Gasteiger partial charge in [0, 0.05) is 61.8 Å². The third-order valence-electron chi connectivity index (χ3n) is 8.10. The summed E-state index contributed by atoms with van der Waals surface area (Å²) in [6.45, 7) is 5.23. The van der Waals surface area contributed by atoms with Gasteiger partial charge >= 0.3 is 0 Å². The minimum atomic E-state index is -0.753. The van der Waals surface area contributed by atoms with Gasteiger partial charge in [-0.15, -0.1) is 0 Å². The quantitative estimate of drug-likeness (QED) is 0.345. The van der Waals surface area contributed by atoms with Crippen LogP contribution in [0.25, 0.3) is 22.3 Å². The molecule has 1 aliphatic heterocycles. The molecular formula is C31H33ClFN3O3. The Kier molecular flexibility index (Phi) is 6.85. The van der Waals surface area contributed by atoms with Crippen molar-refractivity contribution < 1.29 is 19.4 Å². The molecule has 2 N–H and O–H groups in total. The van der Waals surface area contributed by atoms with Gasteiger partial charge in [0.25, 0.3) is 0 Å². The maximum Gasteiger partial charge on any atom is 0.218 e. The van der Waals surface area contributed by atoms with E-state index in [1.54, 1.807) is 35.5 Å². The van der Waals surface area contributed by atoms with Crippen molar-refractivity contribution in [3.8, 4) is 28.0 Å². The molecule has 1 aliphatic carbocycles. The van der Waals surface area contributed by atoms with Crippen molar-refractivity contribution in [2.75, 3.05) is 37.0 Å². The highest BCUT2D eigenvalue weighted by Gasteiger charge is 2.61. The van der Waals surface area contributed by atoms with E-state index in [-0.39, 0.29) is 16.2 Å². The molecule has 0 radical (unpaired) electrons. The Morgan fingerprint density at radius 2 is 1.64 bits per heavy atom. The number of aryl methyl sites for hydroxylation is 1. The van der Waals surface area contributed by atoms with Gasteiger partial charge in [-0.25, -0.2) is 4.39 Å². The van der Waals surface area contributed by atoms with Crippen molar-refractivity contribution >= 4 is 29.4 Å². The number of amides is 1. The van der Waals surface area contributed by atoms with E-state index in [2.05, 4.69) is 4.90 Å². The molecule has 6 nitrogen and oxygen atoms in total. The Morgan fingerprint density at radius 1 is 1.00 bits per heavy atom. The number of nitrogens with zero attached hydrogens (tertiary/aromatic N) is 3. The van der Waals surface area contributed by atoms with Crippen LogP contribution in [0, 0.1) is 18.2 Å². The number of rotatable bonds is 7. The van der Waals surface area contributed by atoms with Crippen molar-refractivity contribution in [3.63, 3.8) is 0 Å². The number of benzene rings is 3. The molecule has 3 aromatic rings. The van der Waals surface area contributed by atoms with Crippen LogP contribution in [0.15, 0.2) is 60.9 Å². The van der Waals surface area contributed by atoms with Crippen LogP contribution in [-0.2, 0) is 4.79 Å². The van der Waals surface area contributed by atoms with Crippen molar-refractivity contribution in [3.05, 3.63) is 77.3 Å². The highest BCUT2D eigenvalue weighted by molar-refractivity contribution is 6.34. The van der Waals surface area contributed by atoms with Crippen LogP contribution in [0.3, 0.4) is 0 Å². The maximum atomic E-state index is 15.0. The minimum absolute atomic E-state index is 0.0588. The van der Waals surface area contributed by atoms with Crippen molar-refractivity contribution in [2.24, 2.45) is 5.41 Å². The summed E-state index contributed by atoms with van der Waals surface area (Å²) in [6, 6.07) is 13.4. The topological polar surface area (TPSA) is 67.2 Å². The summed E-state index contributed by atoms with van der Waals surface area (Å²) in [5.41, 5.74) is 3.51. The van der Waals surface area contributed by atoms with E-state index >= 15 is 0 Å². The SMILES string of the molecule is Cc1ccc(-c2cc(F)cc(-c3ccc(N(C=O)/C=C\N(C)C)c(Cl)c3)c2O)cc1N1CC(C)(O)C2(CC2)C1. The summed E-state index contributed by atoms with van der Waals surface area (Å²) >= 11 is 6.53. The van der Waals surface area contributed by atoms with Gasteiger partial charge < -0.3 is 20.0 Å². The molecule has 5 rings (SSSR count). The van der Waals surface area contributed by atoms with Crippen LogP contribution in [0.2, 0.25) is 5.02 Å². The van der Waals surface area contributed by atoms with Gasteiger partial charge in [-0.05, 0) is 73.7 Å². The summed E-state index contributed by atoms with van der Waals surface area (Å²) in [4.78, 5) is 17.0.